The Morgan fingerprint density at radius 2 is 2.04 bits per heavy atom. The molecule has 7 heteroatoms. The van der Waals surface area contributed by atoms with Gasteiger partial charge in [0.1, 0.15) is 5.76 Å². The van der Waals surface area contributed by atoms with Crippen molar-refractivity contribution in [2.75, 3.05) is 6.54 Å². The second-order valence-corrected chi connectivity index (χ2v) is 7.36. The number of hydrogen-bond acceptors (Lipinski definition) is 6. The Kier molecular flexibility index (Phi) is 4.09. The van der Waals surface area contributed by atoms with Crippen LogP contribution in [0.4, 0.5) is 0 Å². The zero-order valence-electron chi connectivity index (χ0n) is 15.0. The molecule has 2 fully saturated rings. The van der Waals surface area contributed by atoms with E-state index in [9.17, 15) is 4.79 Å². The summed E-state index contributed by atoms with van der Waals surface area (Å²) >= 11 is 0. The van der Waals surface area contributed by atoms with Gasteiger partial charge in [0, 0.05) is 23.9 Å². The standard InChI is InChI=1S/C18H24N4O3/c1-10(9-14-11(2)20-24-12(14)3)18(23)22-8-4-5-15(22)16-19-17(25-21-16)13-6-7-13/h10,13,15H,4-9H2,1-3H3/t10-,15+/m1/s1. The summed E-state index contributed by atoms with van der Waals surface area (Å²) in [6, 6.07) is -0.0594. The van der Waals surface area contributed by atoms with Gasteiger partial charge in [-0.2, -0.15) is 4.98 Å². The first-order chi connectivity index (χ1) is 12.0. The third-order valence-corrected chi connectivity index (χ3v) is 5.33. The lowest BCUT2D eigenvalue weighted by Gasteiger charge is -2.25. The first kappa shape index (κ1) is 16.3. The zero-order valence-corrected chi connectivity index (χ0v) is 15.0. The number of rotatable bonds is 5. The van der Waals surface area contributed by atoms with Gasteiger partial charge in [0.15, 0.2) is 5.82 Å². The molecule has 1 aliphatic carbocycles. The van der Waals surface area contributed by atoms with Gasteiger partial charge in [0.25, 0.3) is 0 Å². The lowest BCUT2D eigenvalue weighted by atomic mass is 9.98. The smallest absolute Gasteiger partial charge is 0.229 e. The van der Waals surface area contributed by atoms with E-state index in [1.807, 2.05) is 25.7 Å². The van der Waals surface area contributed by atoms with Crippen LogP contribution in [-0.2, 0) is 11.2 Å². The molecule has 0 unspecified atom stereocenters. The Morgan fingerprint density at radius 3 is 2.72 bits per heavy atom. The zero-order chi connectivity index (χ0) is 17.6. The minimum Gasteiger partial charge on any atom is -0.361 e. The number of carbonyl (C=O) groups excluding carboxylic acids is 1. The average molecular weight is 344 g/mol. The van der Waals surface area contributed by atoms with Gasteiger partial charge in [-0.1, -0.05) is 17.2 Å². The summed E-state index contributed by atoms with van der Waals surface area (Å²) in [7, 11) is 0. The van der Waals surface area contributed by atoms with Crippen LogP contribution < -0.4 is 0 Å². The molecule has 1 amide bonds. The first-order valence-corrected chi connectivity index (χ1v) is 9.10. The minimum atomic E-state index is -0.132. The maximum atomic E-state index is 13.0. The molecule has 2 aliphatic rings. The van der Waals surface area contributed by atoms with E-state index >= 15 is 0 Å². The molecular formula is C18H24N4O3. The monoisotopic (exact) mass is 344 g/mol. The molecule has 0 bridgehead atoms. The van der Waals surface area contributed by atoms with E-state index in [2.05, 4.69) is 15.3 Å². The molecule has 0 aromatic carbocycles. The number of nitrogens with zero attached hydrogens (tertiary/aromatic N) is 4. The fourth-order valence-electron chi connectivity index (χ4n) is 3.65. The number of aromatic nitrogens is 3. The summed E-state index contributed by atoms with van der Waals surface area (Å²) in [6.45, 7) is 6.53. The maximum Gasteiger partial charge on any atom is 0.229 e. The van der Waals surface area contributed by atoms with Gasteiger partial charge in [0.2, 0.25) is 11.8 Å². The molecular weight excluding hydrogens is 320 g/mol. The van der Waals surface area contributed by atoms with E-state index in [0.29, 0.717) is 18.2 Å². The summed E-state index contributed by atoms with van der Waals surface area (Å²) in [6.07, 6.45) is 4.77. The topological polar surface area (TPSA) is 85.3 Å². The van der Waals surface area contributed by atoms with Crippen LogP contribution in [0.5, 0.6) is 0 Å². The highest BCUT2D eigenvalue weighted by atomic mass is 16.5. The Labute approximate surface area is 146 Å². The van der Waals surface area contributed by atoms with Crippen LogP contribution in [0.1, 0.15) is 73.3 Å². The van der Waals surface area contributed by atoms with E-state index in [-0.39, 0.29) is 17.9 Å². The normalized spacial score (nSPS) is 21.7. The SMILES string of the molecule is Cc1noc(C)c1C[C@@H](C)C(=O)N1CCC[C@H]1c1noc(C2CC2)n1. The molecule has 25 heavy (non-hydrogen) atoms. The van der Waals surface area contributed by atoms with Gasteiger partial charge in [-0.25, -0.2) is 0 Å². The van der Waals surface area contributed by atoms with Crippen LogP contribution >= 0.6 is 0 Å². The van der Waals surface area contributed by atoms with E-state index in [0.717, 1.165) is 55.1 Å². The lowest BCUT2D eigenvalue weighted by molar-refractivity contribution is -0.136. The summed E-state index contributed by atoms with van der Waals surface area (Å²) in [5.41, 5.74) is 1.90. The molecule has 1 aliphatic heterocycles. The van der Waals surface area contributed by atoms with Crippen molar-refractivity contribution in [1.29, 1.82) is 0 Å². The highest BCUT2D eigenvalue weighted by Gasteiger charge is 2.37. The Hall–Kier alpha value is -2.18. The molecule has 0 radical (unpaired) electrons. The Bertz CT molecular complexity index is 758. The van der Waals surface area contributed by atoms with Crippen molar-refractivity contribution in [1.82, 2.24) is 20.2 Å². The number of carbonyl (C=O) groups is 1. The molecule has 2 atom stereocenters. The second-order valence-electron chi connectivity index (χ2n) is 7.36. The summed E-state index contributed by atoms with van der Waals surface area (Å²) in [5.74, 6) is 2.63. The Balaban J connectivity index is 1.47. The fourth-order valence-corrected chi connectivity index (χ4v) is 3.65. The predicted octanol–water partition coefficient (Wildman–Crippen LogP) is 3.09. The summed E-state index contributed by atoms with van der Waals surface area (Å²) in [5, 5.41) is 8.13. The van der Waals surface area contributed by atoms with Crippen molar-refractivity contribution in [3.63, 3.8) is 0 Å². The molecule has 0 spiro atoms. The van der Waals surface area contributed by atoms with Crippen LogP contribution in [0.2, 0.25) is 0 Å². The second kappa shape index (κ2) is 6.28. The Morgan fingerprint density at radius 1 is 1.24 bits per heavy atom. The third-order valence-electron chi connectivity index (χ3n) is 5.33. The van der Waals surface area contributed by atoms with Crippen molar-refractivity contribution in [3.8, 4) is 0 Å². The summed E-state index contributed by atoms with van der Waals surface area (Å²) in [4.78, 5) is 19.5. The number of aryl methyl sites for hydroxylation is 2. The number of likely N-dealkylation sites (tertiary alicyclic amines) is 1. The van der Waals surface area contributed by atoms with Crippen molar-refractivity contribution < 1.29 is 13.8 Å². The van der Waals surface area contributed by atoms with E-state index in [1.54, 1.807) is 0 Å². The summed E-state index contributed by atoms with van der Waals surface area (Å²) < 4.78 is 10.6. The molecule has 7 nitrogen and oxygen atoms in total. The predicted molar refractivity (Wildman–Crippen MR) is 88.8 cm³/mol. The molecule has 2 aromatic heterocycles. The van der Waals surface area contributed by atoms with Gasteiger partial charge in [-0.3, -0.25) is 4.79 Å². The van der Waals surface area contributed by atoms with Gasteiger partial charge in [-0.15, -0.1) is 0 Å². The van der Waals surface area contributed by atoms with Crippen LogP contribution in [0.25, 0.3) is 0 Å². The maximum absolute atomic E-state index is 13.0. The molecule has 1 saturated heterocycles. The molecule has 2 aromatic rings. The average Bonchev–Trinajstić information content (AvgIpc) is 3.02. The van der Waals surface area contributed by atoms with Gasteiger partial charge in [-0.05, 0) is 46.0 Å². The van der Waals surface area contributed by atoms with Crippen molar-refractivity contribution in [3.05, 3.63) is 28.7 Å². The molecule has 4 rings (SSSR count). The van der Waals surface area contributed by atoms with E-state index < -0.39 is 0 Å². The minimum absolute atomic E-state index is 0.0594. The van der Waals surface area contributed by atoms with Crippen molar-refractivity contribution in [2.24, 2.45) is 5.92 Å². The molecule has 134 valence electrons. The largest absolute Gasteiger partial charge is 0.361 e. The van der Waals surface area contributed by atoms with Gasteiger partial charge in [0.05, 0.1) is 11.7 Å². The highest BCUT2D eigenvalue weighted by molar-refractivity contribution is 5.79. The van der Waals surface area contributed by atoms with Crippen LogP contribution in [0.3, 0.4) is 0 Å². The molecule has 0 N–H and O–H groups in total. The number of amides is 1. The quantitative estimate of drug-likeness (QED) is 0.828. The lowest BCUT2D eigenvalue weighted by Crippen LogP contribution is -2.36. The molecule has 1 saturated carbocycles. The van der Waals surface area contributed by atoms with E-state index in [1.165, 1.54) is 0 Å². The van der Waals surface area contributed by atoms with Gasteiger partial charge < -0.3 is 13.9 Å². The van der Waals surface area contributed by atoms with Crippen LogP contribution in [0, 0.1) is 19.8 Å². The first-order valence-electron chi connectivity index (χ1n) is 9.10. The highest BCUT2D eigenvalue weighted by Crippen LogP contribution is 2.40. The fraction of sp³-hybridized carbons (Fsp3) is 0.667. The van der Waals surface area contributed by atoms with Crippen LogP contribution in [-0.4, -0.2) is 32.6 Å². The van der Waals surface area contributed by atoms with Crippen molar-refractivity contribution in [2.45, 2.75) is 64.8 Å². The van der Waals surface area contributed by atoms with E-state index in [4.69, 9.17) is 9.05 Å². The molecule has 3 heterocycles. The number of hydrogen-bond donors (Lipinski definition) is 0. The van der Waals surface area contributed by atoms with Crippen LogP contribution in [0.15, 0.2) is 9.05 Å². The third kappa shape index (κ3) is 3.07. The van der Waals surface area contributed by atoms with Gasteiger partial charge >= 0.3 is 0 Å². The van der Waals surface area contributed by atoms with Crippen molar-refractivity contribution >= 4 is 5.91 Å².